The first-order valence-corrected chi connectivity index (χ1v) is 8.16. The highest BCUT2D eigenvalue weighted by Crippen LogP contribution is 2.17. The first-order chi connectivity index (χ1) is 11.3. The van der Waals surface area contributed by atoms with Crippen molar-refractivity contribution in [1.82, 2.24) is 5.32 Å². The summed E-state index contributed by atoms with van der Waals surface area (Å²) < 4.78 is 18.6. The van der Waals surface area contributed by atoms with Crippen LogP contribution in [0, 0.1) is 11.7 Å². The number of rotatable bonds is 10. The van der Waals surface area contributed by atoms with E-state index in [0.29, 0.717) is 11.5 Å². The van der Waals surface area contributed by atoms with Crippen LogP contribution in [0.1, 0.15) is 51.6 Å². The molecule has 24 heavy (non-hydrogen) atoms. The van der Waals surface area contributed by atoms with Crippen molar-refractivity contribution in [3.8, 4) is 0 Å². The number of hydrogen-bond acceptors (Lipinski definition) is 3. The van der Waals surface area contributed by atoms with Crippen molar-refractivity contribution in [3.05, 3.63) is 35.6 Å². The van der Waals surface area contributed by atoms with Gasteiger partial charge in [0.1, 0.15) is 5.82 Å². The fourth-order valence-electron chi connectivity index (χ4n) is 2.47. The summed E-state index contributed by atoms with van der Waals surface area (Å²) in [6, 6.07) is 4.75. The number of hydrogen-bond donors (Lipinski definition) is 2. The lowest BCUT2D eigenvalue weighted by atomic mass is 10.0. The van der Waals surface area contributed by atoms with Gasteiger partial charge in [0.15, 0.2) is 0 Å². The van der Waals surface area contributed by atoms with E-state index in [9.17, 15) is 14.0 Å². The molecule has 1 rings (SSSR count). The minimum Gasteiger partial charge on any atom is -0.481 e. The van der Waals surface area contributed by atoms with Gasteiger partial charge in [-0.25, -0.2) is 4.39 Å². The van der Waals surface area contributed by atoms with E-state index < -0.39 is 17.8 Å². The average Bonchev–Trinajstić information content (AvgIpc) is 2.46. The normalized spacial score (nSPS) is 13.5. The molecule has 1 aromatic rings. The predicted octanol–water partition coefficient (Wildman–Crippen LogP) is 3.30. The summed E-state index contributed by atoms with van der Waals surface area (Å²) in [5.74, 6) is -1.22. The lowest BCUT2D eigenvalue weighted by Gasteiger charge is -2.18. The zero-order valence-electron chi connectivity index (χ0n) is 14.4. The molecule has 0 fully saturated rings. The Morgan fingerprint density at radius 2 is 1.83 bits per heavy atom. The second-order valence-electron chi connectivity index (χ2n) is 6.33. The number of benzene rings is 1. The van der Waals surface area contributed by atoms with Crippen LogP contribution in [0.25, 0.3) is 0 Å². The molecule has 2 unspecified atom stereocenters. The van der Waals surface area contributed by atoms with Crippen molar-refractivity contribution in [2.24, 2.45) is 5.92 Å². The smallest absolute Gasteiger partial charge is 0.305 e. The molecule has 6 heteroatoms. The highest BCUT2D eigenvalue weighted by Gasteiger charge is 2.18. The summed E-state index contributed by atoms with van der Waals surface area (Å²) in [7, 11) is 0. The van der Waals surface area contributed by atoms with Crippen LogP contribution in [0.15, 0.2) is 24.3 Å². The van der Waals surface area contributed by atoms with Gasteiger partial charge < -0.3 is 15.2 Å². The molecule has 0 aliphatic rings. The zero-order chi connectivity index (χ0) is 18.1. The molecule has 0 aliphatic heterocycles. The number of carboxylic acid groups (broad SMARTS) is 1. The molecule has 0 bridgehead atoms. The van der Waals surface area contributed by atoms with Crippen molar-refractivity contribution in [3.63, 3.8) is 0 Å². The van der Waals surface area contributed by atoms with Crippen molar-refractivity contribution in [1.29, 1.82) is 0 Å². The number of aliphatic carboxylic acids is 1. The largest absolute Gasteiger partial charge is 0.481 e. The molecule has 0 radical (unpaired) electrons. The van der Waals surface area contributed by atoms with Crippen LogP contribution >= 0.6 is 0 Å². The van der Waals surface area contributed by atoms with Crippen LogP contribution in [-0.2, 0) is 14.3 Å². The van der Waals surface area contributed by atoms with Gasteiger partial charge in [0, 0.05) is 6.42 Å². The van der Waals surface area contributed by atoms with E-state index >= 15 is 0 Å². The van der Waals surface area contributed by atoms with Crippen LogP contribution in [0.2, 0.25) is 0 Å². The molecule has 0 saturated carbocycles. The molecule has 5 nitrogen and oxygen atoms in total. The van der Waals surface area contributed by atoms with Crippen LogP contribution < -0.4 is 5.32 Å². The molecule has 0 aromatic heterocycles. The molecular formula is C18H26FNO4. The van der Waals surface area contributed by atoms with Gasteiger partial charge in [-0.3, -0.25) is 9.59 Å². The summed E-state index contributed by atoms with van der Waals surface area (Å²) in [6.07, 6.45) is 0.880. The van der Waals surface area contributed by atoms with Crippen LogP contribution in [0.5, 0.6) is 0 Å². The third kappa shape index (κ3) is 8.06. The molecular weight excluding hydrogens is 313 g/mol. The monoisotopic (exact) mass is 339 g/mol. The SMILES string of the molecule is CC(C)CC(C)OCCC(=O)NC(CC(=O)O)c1ccc(F)cc1. The number of carbonyl (C=O) groups excluding carboxylic acids is 1. The number of carboxylic acids is 1. The van der Waals surface area contributed by atoms with E-state index in [4.69, 9.17) is 9.84 Å². The fraction of sp³-hybridized carbons (Fsp3) is 0.556. The highest BCUT2D eigenvalue weighted by atomic mass is 19.1. The highest BCUT2D eigenvalue weighted by molar-refractivity contribution is 5.77. The summed E-state index contributed by atoms with van der Waals surface area (Å²) in [5.41, 5.74) is 0.557. The molecule has 1 amide bonds. The van der Waals surface area contributed by atoms with Crippen molar-refractivity contribution in [2.75, 3.05) is 6.61 Å². The first-order valence-electron chi connectivity index (χ1n) is 8.16. The Balaban J connectivity index is 2.52. The average molecular weight is 339 g/mol. The second kappa shape index (κ2) is 10.0. The maximum absolute atomic E-state index is 13.0. The Labute approximate surface area is 142 Å². The van der Waals surface area contributed by atoms with Crippen LogP contribution in [-0.4, -0.2) is 29.7 Å². The van der Waals surface area contributed by atoms with Gasteiger partial charge in [0.25, 0.3) is 0 Å². The Morgan fingerprint density at radius 1 is 1.21 bits per heavy atom. The maximum atomic E-state index is 13.0. The lowest BCUT2D eigenvalue weighted by molar-refractivity contribution is -0.137. The zero-order valence-corrected chi connectivity index (χ0v) is 14.4. The van der Waals surface area contributed by atoms with Crippen molar-refractivity contribution < 1.29 is 23.8 Å². The quantitative estimate of drug-likeness (QED) is 0.686. The summed E-state index contributed by atoms with van der Waals surface area (Å²) >= 11 is 0. The number of nitrogens with one attached hydrogen (secondary N) is 1. The molecule has 0 aliphatic carbocycles. The third-order valence-electron chi connectivity index (χ3n) is 3.52. The number of amides is 1. The second-order valence-corrected chi connectivity index (χ2v) is 6.33. The predicted molar refractivity (Wildman–Crippen MR) is 89.0 cm³/mol. The van der Waals surface area contributed by atoms with Gasteiger partial charge in [0.05, 0.1) is 25.2 Å². The number of ether oxygens (including phenoxy) is 1. The molecule has 0 heterocycles. The van der Waals surface area contributed by atoms with Crippen LogP contribution in [0.3, 0.4) is 0 Å². The Morgan fingerprint density at radius 3 is 2.38 bits per heavy atom. The van der Waals surface area contributed by atoms with E-state index in [-0.39, 0.29) is 31.5 Å². The molecule has 2 atom stereocenters. The Kier molecular flexibility index (Phi) is 8.40. The van der Waals surface area contributed by atoms with Gasteiger partial charge in [-0.1, -0.05) is 26.0 Å². The minimum atomic E-state index is -1.04. The molecule has 2 N–H and O–H groups in total. The van der Waals surface area contributed by atoms with Gasteiger partial charge in [-0.15, -0.1) is 0 Å². The van der Waals surface area contributed by atoms with E-state index in [2.05, 4.69) is 19.2 Å². The van der Waals surface area contributed by atoms with E-state index in [0.717, 1.165) is 6.42 Å². The van der Waals surface area contributed by atoms with Gasteiger partial charge in [0.2, 0.25) is 5.91 Å². The lowest BCUT2D eigenvalue weighted by Crippen LogP contribution is -2.31. The third-order valence-corrected chi connectivity index (χ3v) is 3.52. The number of carbonyl (C=O) groups is 2. The topological polar surface area (TPSA) is 75.6 Å². The van der Waals surface area contributed by atoms with E-state index in [1.54, 1.807) is 0 Å². The summed E-state index contributed by atoms with van der Waals surface area (Å²) in [5, 5.41) is 11.7. The van der Waals surface area contributed by atoms with Gasteiger partial charge >= 0.3 is 5.97 Å². The maximum Gasteiger partial charge on any atom is 0.305 e. The first kappa shape index (κ1) is 20.1. The van der Waals surface area contributed by atoms with Crippen molar-refractivity contribution >= 4 is 11.9 Å². The Hall–Kier alpha value is -1.95. The van der Waals surface area contributed by atoms with Gasteiger partial charge in [-0.2, -0.15) is 0 Å². The summed E-state index contributed by atoms with van der Waals surface area (Å²) in [4.78, 5) is 23.0. The number of halogens is 1. The molecule has 134 valence electrons. The van der Waals surface area contributed by atoms with Gasteiger partial charge in [-0.05, 0) is 37.0 Å². The fourth-order valence-corrected chi connectivity index (χ4v) is 2.47. The molecule has 0 spiro atoms. The standard InChI is InChI=1S/C18H26FNO4/c1-12(2)10-13(3)24-9-8-17(21)20-16(11-18(22)23)14-4-6-15(19)7-5-14/h4-7,12-13,16H,8-11H2,1-3H3,(H,20,21)(H,22,23). The molecule has 0 saturated heterocycles. The van der Waals surface area contributed by atoms with E-state index in [1.165, 1.54) is 24.3 Å². The molecule has 1 aromatic carbocycles. The van der Waals surface area contributed by atoms with Crippen molar-refractivity contribution in [2.45, 2.75) is 52.2 Å². The Bertz CT molecular complexity index is 530. The summed E-state index contributed by atoms with van der Waals surface area (Å²) in [6.45, 7) is 6.45. The van der Waals surface area contributed by atoms with Crippen LogP contribution in [0.4, 0.5) is 4.39 Å². The van der Waals surface area contributed by atoms with E-state index in [1.807, 2.05) is 6.92 Å². The minimum absolute atomic E-state index is 0.0738.